The van der Waals surface area contributed by atoms with Gasteiger partial charge < -0.3 is 5.32 Å². The highest BCUT2D eigenvalue weighted by atomic mass is 32.2. The normalized spacial score (nSPS) is 10.5. The second-order valence-electron chi connectivity index (χ2n) is 6.07. The predicted octanol–water partition coefficient (Wildman–Crippen LogP) is 3.18. The van der Waals surface area contributed by atoms with Gasteiger partial charge in [-0.2, -0.15) is 0 Å². The summed E-state index contributed by atoms with van der Waals surface area (Å²) < 4.78 is 1.98. The summed E-state index contributed by atoms with van der Waals surface area (Å²) in [6.07, 6.45) is 0.194. The molecule has 3 aromatic rings. The third-order valence-electron chi connectivity index (χ3n) is 4.00. The fourth-order valence-corrected chi connectivity index (χ4v) is 3.44. The van der Waals surface area contributed by atoms with Crippen LogP contribution in [0.1, 0.15) is 12.0 Å². The molecule has 0 aliphatic rings. The minimum atomic E-state index is -0.510. The molecule has 8 heteroatoms. The SMILES string of the molecule is CNC(=O)NC(=O)CCSc1nnc(-c2ccccc2)n1-c1ccc(C)cc1. The maximum Gasteiger partial charge on any atom is 0.321 e. The summed E-state index contributed by atoms with van der Waals surface area (Å²) in [7, 11) is 1.46. The van der Waals surface area contributed by atoms with Crippen molar-refractivity contribution in [1.29, 1.82) is 0 Å². The number of hydrogen-bond acceptors (Lipinski definition) is 5. The van der Waals surface area contributed by atoms with E-state index >= 15 is 0 Å². The molecule has 7 nitrogen and oxygen atoms in total. The molecule has 0 saturated heterocycles. The summed E-state index contributed by atoms with van der Waals surface area (Å²) in [5.41, 5.74) is 3.07. The van der Waals surface area contributed by atoms with E-state index < -0.39 is 6.03 Å². The standard InChI is InChI=1S/C20H21N5O2S/c1-14-8-10-16(11-9-14)25-18(15-6-4-3-5-7-15)23-24-20(25)28-13-12-17(26)22-19(27)21-2/h3-11H,12-13H2,1-2H3,(H2,21,22,26,27). The lowest BCUT2D eigenvalue weighted by Crippen LogP contribution is -2.37. The van der Waals surface area contributed by atoms with Gasteiger partial charge in [0, 0.05) is 30.5 Å². The molecule has 0 aliphatic heterocycles. The first-order valence-electron chi connectivity index (χ1n) is 8.80. The van der Waals surface area contributed by atoms with Crippen molar-refractivity contribution < 1.29 is 9.59 Å². The Labute approximate surface area is 167 Å². The minimum Gasteiger partial charge on any atom is -0.341 e. The van der Waals surface area contributed by atoms with Crippen LogP contribution in [0.2, 0.25) is 0 Å². The molecule has 0 radical (unpaired) electrons. The van der Waals surface area contributed by atoms with Gasteiger partial charge in [0.2, 0.25) is 5.91 Å². The van der Waals surface area contributed by atoms with E-state index in [4.69, 9.17) is 0 Å². The number of imide groups is 1. The molecule has 1 heterocycles. The average Bonchev–Trinajstić information content (AvgIpc) is 3.13. The monoisotopic (exact) mass is 395 g/mol. The highest BCUT2D eigenvalue weighted by molar-refractivity contribution is 7.99. The number of hydrogen-bond donors (Lipinski definition) is 2. The largest absolute Gasteiger partial charge is 0.341 e. The number of aryl methyl sites for hydroxylation is 1. The first kappa shape index (κ1) is 19.6. The number of nitrogens with one attached hydrogen (secondary N) is 2. The number of aromatic nitrogens is 3. The first-order valence-corrected chi connectivity index (χ1v) is 9.79. The van der Waals surface area contributed by atoms with Gasteiger partial charge in [-0.15, -0.1) is 10.2 Å². The van der Waals surface area contributed by atoms with Crippen molar-refractivity contribution in [3.63, 3.8) is 0 Å². The van der Waals surface area contributed by atoms with Crippen molar-refractivity contribution in [3.8, 4) is 17.1 Å². The third kappa shape index (κ3) is 4.77. The van der Waals surface area contributed by atoms with E-state index in [9.17, 15) is 9.59 Å². The maximum absolute atomic E-state index is 11.8. The molecule has 28 heavy (non-hydrogen) atoms. The molecule has 3 rings (SSSR count). The topological polar surface area (TPSA) is 88.9 Å². The summed E-state index contributed by atoms with van der Waals surface area (Å²) in [6.45, 7) is 2.04. The van der Waals surface area contributed by atoms with E-state index in [1.165, 1.54) is 18.8 Å². The molecular formula is C20H21N5O2S. The zero-order valence-electron chi connectivity index (χ0n) is 15.7. The third-order valence-corrected chi connectivity index (χ3v) is 4.93. The molecule has 0 bridgehead atoms. The Morgan fingerprint density at radius 3 is 2.43 bits per heavy atom. The molecule has 0 aliphatic carbocycles. The number of thioether (sulfide) groups is 1. The predicted molar refractivity (Wildman–Crippen MR) is 109 cm³/mol. The van der Waals surface area contributed by atoms with Crippen molar-refractivity contribution in [2.24, 2.45) is 0 Å². The van der Waals surface area contributed by atoms with Crippen LogP contribution in [0.3, 0.4) is 0 Å². The van der Waals surface area contributed by atoms with Crippen LogP contribution in [0.4, 0.5) is 4.79 Å². The van der Waals surface area contributed by atoms with Crippen LogP contribution in [-0.4, -0.2) is 39.5 Å². The smallest absolute Gasteiger partial charge is 0.321 e. The number of carbonyl (C=O) groups excluding carboxylic acids is 2. The van der Waals surface area contributed by atoms with E-state index in [2.05, 4.69) is 20.8 Å². The fraction of sp³-hybridized carbons (Fsp3) is 0.200. The Hall–Kier alpha value is -3.13. The molecule has 144 valence electrons. The van der Waals surface area contributed by atoms with Crippen LogP contribution in [0, 0.1) is 6.92 Å². The second-order valence-corrected chi connectivity index (χ2v) is 7.13. The van der Waals surface area contributed by atoms with Crippen molar-refractivity contribution in [1.82, 2.24) is 25.4 Å². The van der Waals surface area contributed by atoms with E-state index in [1.807, 2.05) is 66.1 Å². The lowest BCUT2D eigenvalue weighted by molar-refractivity contribution is -0.119. The van der Waals surface area contributed by atoms with Crippen LogP contribution < -0.4 is 10.6 Å². The first-order chi connectivity index (χ1) is 13.6. The van der Waals surface area contributed by atoms with E-state index in [0.717, 1.165) is 22.6 Å². The van der Waals surface area contributed by atoms with Gasteiger partial charge in [-0.25, -0.2) is 4.79 Å². The van der Waals surface area contributed by atoms with Crippen LogP contribution >= 0.6 is 11.8 Å². The number of rotatable bonds is 6. The Morgan fingerprint density at radius 2 is 1.75 bits per heavy atom. The van der Waals surface area contributed by atoms with Crippen LogP contribution in [0.25, 0.3) is 17.1 Å². The average molecular weight is 395 g/mol. The zero-order valence-corrected chi connectivity index (χ0v) is 16.5. The quantitative estimate of drug-likeness (QED) is 0.626. The zero-order chi connectivity index (χ0) is 19.9. The molecule has 0 unspecified atom stereocenters. The number of amides is 3. The molecule has 2 N–H and O–H groups in total. The lowest BCUT2D eigenvalue weighted by Gasteiger charge is -2.11. The molecule has 0 saturated carbocycles. The maximum atomic E-state index is 11.8. The summed E-state index contributed by atoms with van der Waals surface area (Å²) in [6, 6.07) is 17.4. The Balaban J connectivity index is 1.83. The number of benzene rings is 2. The minimum absolute atomic E-state index is 0.194. The van der Waals surface area contributed by atoms with Gasteiger partial charge in [0.05, 0.1) is 0 Å². The highest BCUT2D eigenvalue weighted by Crippen LogP contribution is 2.28. The molecule has 0 atom stereocenters. The van der Waals surface area contributed by atoms with Gasteiger partial charge in [-0.05, 0) is 19.1 Å². The van der Waals surface area contributed by atoms with Crippen LogP contribution in [-0.2, 0) is 4.79 Å². The summed E-state index contributed by atoms with van der Waals surface area (Å²) in [4.78, 5) is 23.0. The summed E-state index contributed by atoms with van der Waals surface area (Å²) >= 11 is 1.42. The van der Waals surface area contributed by atoms with Crippen molar-refractivity contribution >= 4 is 23.7 Å². The van der Waals surface area contributed by atoms with Gasteiger partial charge in [0.1, 0.15) is 0 Å². The van der Waals surface area contributed by atoms with Gasteiger partial charge in [-0.3, -0.25) is 14.7 Å². The van der Waals surface area contributed by atoms with Gasteiger partial charge in [0.25, 0.3) is 0 Å². The van der Waals surface area contributed by atoms with Crippen LogP contribution in [0.15, 0.2) is 59.8 Å². The molecule has 3 amide bonds. The van der Waals surface area contributed by atoms with Gasteiger partial charge >= 0.3 is 6.03 Å². The Morgan fingerprint density at radius 1 is 1.04 bits per heavy atom. The molecular weight excluding hydrogens is 374 g/mol. The highest BCUT2D eigenvalue weighted by Gasteiger charge is 2.16. The van der Waals surface area contributed by atoms with E-state index in [-0.39, 0.29) is 12.3 Å². The van der Waals surface area contributed by atoms with Gasteiger partial charge in [-0.1, -0.05) is 59.8 Å². The van der Waals surface area contributed by atoms with Crippen molar-refractivity contribution in [2.45, 2.75) is 18.5 Å². The van der Waals surface area contributed by atoms with Crippen molar-refractivity contribution in [2.75, 3.05) is 12.8 Å². The lowest BCUT2D eigenvalue weighted by atomic mass is 10.2. The Kier molecular flexibility index (Phi) is 6.44. The molecule has 0 spiro atoms. The van der Waals surface area contributed by atoms with Crippen molar-refractivity contribution in [3.05, 3.63) is 60.2 Å². The number of urea groups is 1. The van der Waals surface area contributed by atoms with E-state index in [1.54, 1.807) is 0 Å². The number of nitrogens with zero attached hydrogens (tertiary/aromatic N) is 3. The fourth-order valence-electron chi connectivity index (χ4n) is 2.55. The van der Waals surface area contributed by atoms with Crippen LogP contribution in [0.5, 0.6) is 0 Å². The van der Waals surface area contributed by atoms with Gasteiger partial charge in [0.15, 0.2) is 11.0 Å². The second kappa shape index (κ2) is 9.18. The molecule has 0 fully saturated rings. The number of carbonyl (C=O) groups is 2. The summed E-state index contributed by atoms with van der Waals surface area (Å²) in [5, 5.41) is 14.0. The molecule has 2 aromatic carbocycles. The Bertz CT molecular complexity index is 954. The molecule has 1 aromatic heterocycles. The summed E-state index contributed by atoms with van der Waals surface area (Å²) in [5.74, 6) is 0.875. The van der Waals surface area contributed by atoms with E-state index in [0.29, 0.717) is 10.9 Å².